The van der Waals surface area contributed by atoms with Gasteiger partial charge in [-0.25, -0.2) is 4.39 Å². The van der Waals surface area contributed by atoms with Crippen molar-refractivity contribution >= 4 is 5.91 Å². The molecule has 0 aromatic heterocycles. The van der Waals surface area contributed by atoms with Gasteiger partial charge >= 0.3 is 0 Å². The maximum atomic E-state index is 13.3. The van der Waals surface area contributed by atoms with Crippen LogP contribution in [0.1, 0.15) is 36.8 Å². The molecule has 1 fully saturated rings. The highest BCUT2D eigenvalue weighted by Crippen LogP contribution is 2.17. The Labute approximate surface area is 118 Å². The topological polar surface area (TPSA) is 40.5 Å². The van der Waals surface area contributed by atoms with Crippen LogP contribution in [-0.2, 0) is 11.3 Å². The first-order valence-corrected chi connectivity index (χ1v) is 6.86. The summed E-state index contributed by atoms with van der Waals surface area (Å²) in [6.07, 6.45) is 3.60. The van der Waals surface area contributed by atoms with E-state index in [1.807, 2.05) is 4.90 Å². The van der Waals surface area contributed by atoms with Gasteiger partial charge in [0.05, 0.1) is 0 Å². The van der Waals surface area contributed by atoms with Gasteiger partial charge in [-0.3, -0.25) is 4.79 Å². The Morgan fingerprint density at radius 3 is 2.95 bits per heavy atom. The molecule has 1 aromatic rings. The van der Waals surface area contributed by atoms with Crippen LogP contribution in [0.25, 0.3) is 0 Å². The lowest BCUT2D eigenvalue weighted by molar-refractivity contribution is -0.131. The van der Waals surface area contributed by atoms with Gasteiger partial charge in [-0.1, -0.05) is 24.3 Å². The van der Waals surface area contributed by atoms with E-state index in [0.29, 0.717) is 18.5 Å². The molecule has 20 heavy (non-hydrogen) atoms. The van der Waals surface area contributed by atoms with Crippen molar-refractivity contribution in [1.82, 2.24) is 4.90 Å². The summed E-state index contributed by atoms with van der Waals surface area (Å²) in [6.45, 7) is 0.927. The van der Waals surface area contributed by atoms with Crippen molar-refractivity contribution in [2.45, 2.75) is 32.2 Å². The molecule has 2 rings (SSSR count). The zero-order chi connectivity index (χ0) is 14.4. The molecule has 1 saturated heterocycles. The second-order valence-electron chi connectivity index (χ2n) is 4.89. The summed E-state index contributed by atoms with van der Waals surface area (Å²) in [5.74, 6) is 5.06. The highest BCUT2D eigenvalue weighted by atomic mass is 19.1. The first kappa shape index (κ1) is 14.5. The van der Waals surface area contributed by atoms with E-state index in [2.05, 4.69) is 11.8 Å². The number of rotatable bonds is 2. The number of benzene rings is 1. The fraction of sp³-hybridized carbons (Fsp3) is 0.438. The zero-order valence-corrected chi connectivity index (χ0v) is 11.4. The van der Waals surface area contributed by atoms with Crippen LogP contribution < -0.4 is 0 Å². The summed E-state index contributed by atoms with van der Waals surface area (Å²) in [5.41, 5.74) is 1.36. The molecule has 106 valence electrons. The van der Waals surface area contributed by atoms with Crippen molar-refractivity contribution in [3.63, 3.8) is 0 Å². The van der Waals surface area contributed by atoms with E-state index in [1.165, 1.54) is 12.1 Å². The van der Waals surface area contributed by atoms with Gasteiger partial charge in [0.25, 0.3) is 0 Å². The summed E-state index contributed by atoms with van der Waals surface area (Å²) in [4.78, 5) is 13.8. The molecule has 0 atom stereocenters. The summed E-state index contributed by atoms with van der Waals surface area (Å²) in [7, 11) is 0. The van der Waals surface area contributed by atoms with Crippen LogP contribution in [-0.4, -0.2) is 29.1 Å². The molecule has 1 heterocycles. The number of aliphatic hydroxyl groups excluding tert-OH is 1. The van der Waals surface area contributed by atoms with Gasteiger partial charge in [0.1, 0.15) is 12.4 Å². The second kappa shape index (κ2) is 7.06. The number of carbonyl (C=O) groups excluding carboxylic acids is 1. The number of carbonyl (C=O) groups is 1. The molecule has 3 nitrogen and oxygen atoms in total. The predicted octanol–water partition coefficient (Wildman–Crippen LogP) is 2.07. The van der Waals surface area contributed by atoms with Gasteiger partial charge in [-0.2, -0.15) is 0 Å². The summed E-state index contributed by atoms with van der Waals surface area (Å²) < 4.78 is 13.3. The first-order chi connectivity index (χ1) is 9.70. The average Bonchev–Trinajstić information content (AvgIpc) is 2.64. The molecule has 1 aliphatic heterocycles. The van der Waals surface area contributed by atoms with Crippen molar-refractivity contribution in [2.75, 3.05) is 13.2 Å². The number of hydrogen-bond acceptors (Lipinski definition) is 2. The number of amides is 1. The van der Waals surface area contributed by atoms with Gasteiger partial charge in [0.2, 0.25) is 5.91 Å². The highest BCUT2D eigenvalue weighted by molar-refractivity contribution is 5.76. The lowest BCUT2D eigenvalue weighted by Crippen LogP contribution is -2.30. The van der Waals surface area contributed by atoms with Crippen LogP contribution >= 0.6 is 0 Å². The van der Waals surface area contributed by atoms with E-state index in [1.54, 1.807) is 6.07 Å². The van der Waals surface area contributed by atoms with Gasteiger partial charge in [0.15, 0.2) is 0 Å². The lowest BCUT2D eigenvalue weighted by atomic mass is 10.1. The number of nitrogens with zero attached hydrogens (tertiary/aromatic N) is 1. The van der Waals surface area contributed by atoms with E-state index in [0.717, 1.165) is 31.4 Å². The largest absolute Gasteiger partial charge is 0.384 e. The molecule has 1 aromatic carbocycles. The number of halogens is 1. The molecule has 0 radical (unpaired) electrons. The fourth-order valence-corrected chi connectivity index (χ4v) is 2.35. The molecule has 0 aliphatic carbocycles. The minimum absolute atomic E-state index is 0.146. The van der Waals surface area contributed by atoms with Gasteiger partial charge in [0, 0.05) is 25.1 Å². The summed E-state index contributed by atoms with van der Waals surface area (Å²) >= 11 is 0. The average molecular weight is 275 g/mol. The summed E-state index contributed by atoms with van der Waals surface area (Å²) in [6, 6.07) is 4.39. The third-order valence-electron chi connectivity index (χ3n) is 3.41. The maximum absolute atomic E-state index is 13.3. The third kappa shape index (κ3) is 3.82. The van der Waals surface area contributed by atoms with Gasteiger partial charge < -0.3 is 10.0 Å². The van der Waals surface area contributed by atoms with Crippen molar-refractivity contribution in [3.05, 3.63) is 35.1 Å². The SMILES string of the molecule is O=C1CCCCCN1Cc1ccc(F)cc1C#CCO. The third-order valence-corrected chi connectivity index (χ3v) is 3.41. The highest BCUT2D eigenvalue weighted by Gasteiger charge is 2.17. The molecule has 0 bridgehead atoms. The quantitative estimate of drug-likeness (QED) is 0.839. The van der Waals surface area contributed by atoms with Crippen molar-refractivity contribution in [1.29, 1.82) is 0 Å². The Balaban J connectivity index is 2.21. The molecular weight excluding hydrogens is 257 g/mol. The van der Waals surface area contributed by atoms with E-state index >= 15 is 0 Å². The minimum atomic E-state index is -0.363. The van der Waals surface area contributed by atoms with Crippen LogP contribution in [0, 0.1) is 17.7 Å². The Morgan fingerprint density at radius 2 is 2.15 bits per heavy atom. The van der Waals surface area contributed by atoms with E-state index in [-0.39, 0.29) is 18.3 Å². The van der Waals surface area contributed by atoms with Gasteiger partial charge in [-0.05, 0) is 30.5 Å². The lowest BCUT2D eigenvalue weighted by Gasteiger charge is -2.21. The Morgan fingerprint density at radius 1 is 1.30 bits per heavy atom. The van der Waals surface area contributed by atoms with Crippen molar-refractivity contribution in [3.8, 4) is 11.8 Å². The number of aliphatic hydroxyl groups is 1. The van der Waals surface area contributed by atoms with E-state index in [4.69, 9.17) is 5.11 Å². The maximum Gasteiger partial charge on any atom is 0.222 e. The Bertz CT molecular complexity index is 545. The molecule has 4 heteroatoms. The van der Waals surface area contributed by atoms with Crippen LogP contribution in [0.2, 0.25) is 0 Å². The smallest absolute Gasteiger partial charge is 0.222 e. The Kier molecular flexibility index (Phi) is 5.14. The molecule has 1 aliphatic rings. The van der Waals surface area contributed by atoms with Crippen LogP contribution in [0.3, 0.4) is 0 Å². The van der Waals surface area contributed by atoms with Crippen LogP contribution in [0.5, 0.6) is 0 Å². The molecular formula is C16H18FNO2. The zero-order valence-electron chi connectivity index (χ0n) is 11.4. The van der Waals surface area contributed by atoms with Crippen molar-refractivity contribution < 1.29 is 14.3 Å². The van der Waals surface area contributed by atoms with Crippen LogP contribution in [0.15, 0.2) is 18.2 Å². The normalized spacial score (nSPS) is 15.5. The molecule has 0 unspecified atom stereocenters. The van der Waals surface area contributed by atoms with Crippen molar-refractivity contribution in [2.24, 2.45) is 0 Å². The monoisotopic (exact) mass is 275 g/mol. The van der Waals surface area contributed by atoms with Crippen LogP contribution in [0.4, 0.5) is 4.39 Å². The minimum Gasteiger partial charge on any atom is -0.384 e. The van der Waals surface area contributed by atoms with E-state index < -0.39 is 0 Å². The Hall–Kier alpha value is -1.86. The number of likely N-dealkylation sites (tertiary alicyclic amines) is 1. The molecule has 0 spiro atoms. The van der Waals surface area contributed by atoms with Gasteiger partial charge in [-0.15, -0.1) is 0 Å². The molecule has 1 N–H and O–H groups in total. The first-order valence-electron chi connectivity index (χ1n) is 6.86. The number of hydrogen-bond donors (Lipinski definition) is 1. The molecule has 0 saturated carbocycles. The standard InChI is InChI=1S/C16H18FNO2/c17-15-8-7-14(13(11-15)5-4-10-19)12-18-9-3-1-2-6-16(18)20/h7-8,11,19H,1-3,6,9-10,12H2. The second-order valence-corrected chi connectivity index (χ2v) is 4.89. The molecule has 1 amide bonds. The predicted molar refractivity (Wildman–Crippen MR) is 74.2 cm³/mol. The van der Waals surface area contributed by atoms with E-state index in [9.17, 15) is 9.18 Å². The summed E-state index contributed by atoms with van der Waals surface area (Å²) in [5, 5.41) is 8.76. The fourth-order valence-electron chi connectivity index (χ4n) is 2.35.